The monoisotopic (exact) mass is 736 g/mol. The van der Waals surface area contributed by atoms with E-state index >= 15 is 4.79 Å². The molecule has 2 saturated heterocycles. The summed E-state index contributed by atoms with van der Waals surface area (Å²) in [6.45, 7) is 0. The van der Waals surface area contributed by atoms with Crippen molar-refractivity contribution in [2.24, 2.45) is 23.7 Å². The number of rotatable bonds is 5. The predicted octanol–water partition coefficient (Wildman–Crippen LogP) is 7.18. The van der Waals surface area contributed by atoms with E-state index in [-0.39, 0.29) is 29.7 Å². The van der Waals surface area contributed by atoms with Gasteiger partial charge in [0.05, 0.1) is 46.1 Å². The van der Waals surface area contributed by atoms with E-state index in [1.54, 1.807) is 60.7 Å². The van der Waals surface area contributed by atoms with E-state index in [4.69, 9.17) is 16.3 Å². The smallest absolute Gasteiger partial charge is 0.246 e. The molecule has 4 aromatic rings. The van der Waals surface area contributed by atoms with Crippen LogP contribution in [0.25, 0.3) is 0 Å². The number of imide groups is 2. The second kappa shape index (κ2) is 11.7. The number of hydrogen-bond acceptors (Lipinski definition) is 6. The molecule has 3 fully saturated rings. The van der Waals surface area contributed by atoms with Gasteiger partial charge in [0.1, 0.15) is 0 Å². The van der Waals surface area contributed by atoms with Crippen molar-refractivity contribution in [2.75, 3.05) is 16.9 Å². The van der Waals surface area contributed by atoms with Crippen LogP contribution in [-0.4, -0.2) is 35.8 Å². The molecular weight excluding hydrogens is 708 g/mol. The Morgan fingerprint density at radius 3 is 2.20 bits per heavy atom. The van der Waals surface area contributed by atoms with Crippen LogP contribution in [0.2, 0.25) is 5.02 Å². The van der Waals surface area contributed by atoms with Crippen molar-refractivity contribution in [3.05, 3.63) is 129 Å². The van der Waals surface area contributed by atoms with Gasteiger partial charge in [0.2, 0.25) is 23.6 Å². The van der Waals surface area contributed by atoms with Gasteiger partial charge in [-0.2, -0.15) is 0 Å². The highest BCUT2D eigenvalue weighted by molar-refractivity contribution is 9.10. The molecule has 6 unspecified atom stereocenters. The molecule has 1 N–H and O–H groups in total. The summed E-state index contributed by atoms with van der Waals surface area (Å²) in [5.74, 6) is -4.83. The van der Waals surface area contributed by atoms with E-state index < -0.39 is 46.8 Å². The summed E-state index contributed by atoms with van der Waals surface area (Å²) < 4.78 is 5.93. The molecule has 4 aliphatic rings. The van der Waals surface area contributed by atoms with E-state index in [1.807, 2.05) is 42.5 Å². The third-order valence-corrected chi connectivity index (χ3v) is 11.6. The molecule has 0 radical (unpaired) electrons. The molecule has 246 valence electrons. The van der Waals surface area contributed by atoms with Gasteiger partial charge in [-0.1, -0.05) is 77.8 Å². The number of methoxy groups -OCH3 is 1. The topological polar surface area (TPSA) is 104 Å². The van der Waals surface area contributed by atoms with Crippen LogP contribution < -0.4 is 14.5 Å². The van der Waals surface area contributed by atoms with Crippen molar-refractivity contribution in [3.63, 3.8) is 0 Å². The second-order valence-corrected chi connectivity index (χ2v) is 14.3. The van der Waals surface area contributed by atoms with Crippen LogP contribution >= 0.6 is 27.5 Å². The normalized spacial score (nSPS) is 27.5. The van der Waals surface area contributed by atoms with Gasteiger partial charge in [0.15, 0.2) is 11.5 Å². The zero-order chi connectivity index (χ0) is 34.2. The zero-order valence-corrected chi connectivity index (χ0v) is 28.6. The largest absolute Gasteiger partial charge is 0.503 e. The average Bonchev–Trinajstić information content (AvgIpc) is 3.50. The van der Waals surface area contributed by atoms with Crippen LogP contribution in [0.1, 0.15) is 29.9 Å². The first kappa shape index (κ1) is 31.5. The molecule has 8 rings (SSSR count). The van der Waals surface area contributed by atoms with Crippen molar-refractivity contribution in [1.82, 2.24) is 0 Å². The highest BCUT2D eigenvalue weighted by Crippen LogP contribution is 2.65. The molecule has 0 aromatic heterocycles. The van der Waals surface area contributed by atoms with Gasteiger partial charge in [-0.25, -0.2) is 4.90 Å². The summed E-state index contributed by atoms with van der Waals surface area (Å²) in [4.78, 5) is 61.0. The molecule has 4 aromatic carbocycles. The Labute approximate surface area is 296 Å². The first-order valence-electron chi connectivity index (χ1n) is 16.1. The summed E-state index contributed by atoms with van der Waals surface area (Å²) in [5.41, 5.74) is 1.50. The zero-order valence-electron chi connectivity index (χ0n) is 26.3. The minimum Gasteiger partial charge on any atom is -0.503 e. The Balaban J connectivity index is 1.38. The second-order valence-electron chi connectivity index (χ2n) is 13.0. The van der Waals surface area contributed by atoms with E-state index in [0.717, 1.165) is 5.57 Å². The number of ether oxygens (including phenoxy) is 1. The quantitative estimate of drug-likeness (QED) is 0.172. The van der Waals surface area contributed by atoms with Crippen LogP contribution in [0.15, 0.2) is 113 Å². The molecule has 10 heteroatoms. The predicted molar refractivity (Wildman–Crippen MR) is 187 cm³/mol. The lowest BCUT2D eigenvalue weighted by atomic mass is 9.49. The first-order chi connectivity index (χ1) is 23.7. The fourth-order valence-electron chi connectivity index (χ4n) is 8.87. The number of phenolic OH excluding ortho intramolecular Hbond substituents is 1. The highest BCUT2D eigenvalue weighted by atomic mass is 79.9. The molecule has 2 aliphatic heterocycles. The third-order valence-electron chi connectivity index (χ3n) is 10.8. The number of aromatic hydroxyl groups is 1. The number of phenols is 1. The maximum Gasteiger partial charge on any atom is 0.246 e. The van der Waals surface area contributed by atoms with E-state index in [0.29, 0.717) is 38.4 Å². The Morgan fingerprint density at radius 2 is 1.51 bits per heavy atom. The Kier molecular flexibility index (Phi) is 7.53. The highest BCUT2D eigenvalue weighted by Gasteiger charge is 2.70. The summed E-state index contributed by atoms with van der Waals surface area (Å²) in [7, 11) is 1.45. The van der Waals surface area contributed by atoms with Crippen molar-refractivity contribution >= 4 is 62.5 Å². The number of carbonyl (C=O) groups excluding carboxylic acids is 4. The number of carbonyl (C=O) groups is 4. The number of fused-ring (bicyclic) bond motifs is 4. The summed E-state index contributed by atoms with van der Waals surface area (Å²) in [6.07, 6.45) is 2.48. The number of hydrogen-bond donors (Lipinski definition) is 1. The van der Waals surface area contributed by atoms with E-state index in [1.165, 1.54) is 16.9 Å². The molecule has 2 heterocycles. The molecule has 0 spiro atoms. The summed E-state index contributed by atoms with van der Waals surface area (Å²) in [5, 5.41) is 11.2. The van der Waals surface area contributed by atoms with E-state index in [2.05, 4.69) is 15.9 Å². The lowest BCUT2D eigenvalue weighted by molar-refractivity contribution is -0.127. The Bertz CT molecular complexity index is 2090. The standard InChI is InChI=1S/C39H30BrClN2O6/c1-49-31-18-21(17-30(40)34(31)44)33-26-15-16-27-32(37(47)42(35(27)45)24-12-6-3-7-13-24)28(26)20-29-36(46)43(25-14-8-11-23(41)19-25)38(48)39(29,33)22-9-4-2-5-10-22/h2-15,17-19,27-29,32-33,44H,16,20H2,1H3. The third kappa shape index (κ3) is 4.48. The van der Waals surface area contributed by atoms with Crippen LogP contribution in [0.3, 0.4) is 0 Å². The fourth-order valence-corrected chi connectivity index (χ4v) is 9.51. The summed E-state index contributed by atoms with van der Waals surface area (Å²) in [6, 6.07) is 28.3. The molecule has 0 bridgehead atoms. The maximum atomic E-state index is 15.3. The Hall–Kier alpha value is -4.73. The lowest BCUT2D eigenvalue weighted by Gasteiger charge is -2.50. The molecule has 4 amide bonds. The SMILES string of the molecule is COc1cc(C2C3=CCC4C(=O)N(c5ccccc5)C(=O)C4C3CC3C(=O)N(c4cccc(Cl)c4)C(=O)C32c2ccccc2)cc(Br)c1O. The molecule has 6 atom stereocenters. The number of para-hydroxylation sites is 1. The number of allylic oxidation sites excluding steroid dienone is 2. The number of halogens is 2. The van der Waals surface area contributed by atoms with Crippen molar-refractivity contribution in [1.29, 1.82) is 0 Å². The van der Waals surface area contributed by atoms with Crippen molar-refractivity contribution in [3.8, 4) is 11.5 Å². The molecule has 2 aliphatic carbocycles. The van der Waals surface area contributed by atoms with E-state index in [9.17, 15) is 19.5 Å². The van der Waals surface area contributed by atoms with Gasteiger partial charge >= 0.3 is 0 Å². The first-order valence-corrected chi connectivity index (χ1v) is 17.2. The lowest BCUT2D eigenvalue weighted by Crippen LogP contribution is -2.53. The number of amides is 4. The maximum absolute atomic E-state index is 15.3. The fraction of sp³-hybridized carbons (Fsp3) is 0.231. The number of benzene rings is 4. The van der Waals surface area contributed by atoms with Gasteiger partial charge in [-0.3, -0.25) is 24.1 Å². The van der Waals surface area contributed by atoms with Crippen LogP contribution in [-0.2, 0) is 24.6 Å². The van der Waals surface area contributed by atoms with Crippen LogP contribution in [0, 0.1) is 23.7 Å². The molecule has 1 saturated carbocycles. The van der Waals surface area contributed by atoms with Crippen molar-refractivity contribution in [2.45, 2.75) is 24.2 Å². The minimum atomic E-state index is -1.44. The Morgan fingerprint density at radius 1 is 0.816 bits per heavy atom. The molecule has 49 heavy (non-hydrogen) atoms. The number of nitrogens with zero attached hydrogens (tertiary/aromatic N) is 2. The average molecular weight is 738 g/mol. The van der Waals surface area contributed by atoms with Gasteiger partial charge < -0.3 is 9.84 Å². The van der Waals surface area contributed by atoms with Crippen LogP contribution in [0.5, 0.6) is 11.5 Å². The summed E-state index contributed by atoms with van der Waals surface area (Å²) >= 11 is 9.88. The van der Waals surface area contributed by atoms with Gasteiger partial charge in [0, 0.05) is 10.9 Å². The molecule has 8 nitrogen and oxygen atoms in total. The molecular formula is C39H30BrClN2O6. The van der Waals surface area contributed by atoms with Crippen LogP contribution in [0.4, 0.5) is 11.4 Å². The number of anilines is 2. The van der Waals surface area contributed by atoms with Crippen molar-refractivity contribution < 1.29 is 29.0 Å². The van der Waals surface area contributed by atoms with Gasteiger partial charge in [-0.15, -0.1) is 0 Å². The van der Waals surface area contributed by atoms with Gasteiger partial charge in [0.25, 0.3) is 0 Å². The minimum absolute atomic E-state index is 0.106. The van der Waals surface area contributed by atoms with Gasteiger partial charge in [-0.05, 0) is 88.3 Å².